The van der Waals surface area contributed by atoms with E-state index in [1.807, 2.05) is 0 Å². The molecule has 0 unspecified atom stereocenters. The molecule has 6 nitrogen and oxygen atoms in total. The van der Waals surface area contributed by atoms with Crippen LogP contribution in [0.3, 0.4) is 0 Å². The van der Waals surface area contributed by atoms with Gasteiger partial charge >= 0.3 is 11.7 Å². The molecule has 7 heteroatoms. The first-order valence-electron chi connectivity index (χ1n) is 6.77. The van der Waals surface area contributed by atoms with Crippen molar-refractivity contribution in [2.75, 3.05) is 13.2 Å². The van der Waals surface area contributed by atoms with Crippen LogP contribution in [0.5, 0.6) is 5.75 Å². The summed E-state index contributed by atoms with van der Waals surface area (Å²) in [6.45, 7) is 2.34. The predicted octanol–water partition coefficient (Wildman–Crippen LogP) is 3.24. The molecule has 0 atom stereocenters. The summed E-state index contributed by atoms with van der Waals surface area (Å²) >= 11 is 0. The molecule has 0 aliphatic heterocycles. The molecule has 0 aliphatic rings. The molecule has 0 aromatic heterocycles. The first kappa shape index (κ1) is 16.9. The number of carbonyl (C=O) groups is 1. The lowest BCUT2D eigenvalue weighted by molar-refractivity contribution is -0.385. The molecule has 0 spiro atoms. The van der Waals surface area contributed by atoms with E-state index >= 15 is 0 Å². The Morgan fingerprint density at radius 1 is 1.33 bits per heavy atom. The van der Waals surface area contributed by atoms with Crippen LogP contribution in [0.4, 0.5) is 10.1 Å². The van der Waals surface area contributed by atoms with E-state index in [1.54, 1.807) is 6.92 Å². The van der Waals surface area contributed by atoms with Gasteiger partial charge in [0, 0.05) is 18.6 Å². The summed E-state index contributed by atoms with van der Waals surface area (Å²) in [5, 5.41) is 10.8. The van der Waals surface area contributed by atoms with E-state index in [4.69, 9.17) is 9.47 Å². The van der Waals surface area contributed by atoms with Crippen LogP contribution in [0.25, 0.3) is 0 Å². The molecule has 0 saturated heterocycles. The average Bonchev–Trinajstić information content (AvgIpc) is 2.42. The fourth-order valence-corrected chi connectivity index (χ4v) is 1.72. The Labute approximate surface area is 122 Å². The predicted molar refractivity (Wildman–Crippen MR) is 73.7 cm³/mol. The fraction of sp³-hybridized carbons (Fsp3) is 0.500. The summed E-state index contributed by atoms with van der Waals surface area (Å²) in [6, 6.07) is 3.09. The maximum absolute atomic E-state index is 13.0. The number of esters is 1. The van der Waals surface area contributed by atoms with Gasteiger partial charge in [-0.1, -0.05) is 0 Å². The second-order valence-corrected chi connectivity index (χ2v) is 4.33. The Hall–Kier alpha value is -2.18. The lowest BCUT2D eigenvalue weighted by Crippen LogP contribution is -2.04. The van der Waals surface area contributed by atoms with Crippen LogP contribution in [0.2, 0.25) is 0 Å². The number of benzene rings is 1. The number of ether oxygens (including phenoxy) is 2. The quantitative estimate of drug-likeness (QED) is 0.303. The number of rotatable bonds is 9. The van der Waals surface area contributed by atoms with Crippen molar-refractivity contribution in [3.8, 4) is 5.75 Å². The van der Waals surface area contributed by atoms with Crippen LogP contribution in [0.15, 0.2) is 18.2 Å². The smallest absolute Gasteiger partial charge is 0.311 e. The number of carbonyl (C=O) groups excluding carboxylic acids is 1. The van der Waals surface area contributed by atoms with Crippen molar-refractivity contribution in [3.05, 3.63) is 34.1 Å². The van der Waals surface area contributed by atoms with Crippen LogP contribution in [-0.2, 0) is 9.53 Å². The Bertz CT molecular complexity index is 492. The Morgan fingerprint density at radius 3 is 2.76 bits per heavy atom. The Balaban J connectivity index is 2.31. The molecule has 0 aliphatic carbocycles. The number of nitro groups is 1. The second kappa shape index (κ2) is 8.89. The van der Waals surface area contributed by atoms with E-state index in [0.29, 0.717) is 25.9 Å². The van der Waals surface area contributed by atoms with Gasteiger partial charge in [-0.15, -0.1) is 0 Å². The first-order chi connectivity index (χ1) is 10.0. The zero-order chi connectivity index (χ0) is 15.7. The molecule has 1 rings (SSSR count). The summed E-state index contributed by atoms with van der Waals surface area (Å²) in [7, 11) is 0. The molecule has 1 aromatic rings. The van der Waals surface area contributed by atoms with Gasteiger partial charge in [-0.05, 0) is 32.3 Å². The molecule has 1 aromatic carbocycles. The Morgan fingerprint density at radius 2 is 2.10 bits per heavy atom. The molecule has 0 saturated carbocycles. The van der Waals surface area contributed by atoms with Crippen LogP contribution in [0.1, 0.15) is 32.6 Å². The van der Waals surface area contributed by atoms with Crippen LogP contribution >= 0.6 is 0 Å². The summed E-state index contributed by atoms with van der Waals surface area (Å²) < 4.78 is 23.1. The summed E-state index contributed by atoms with van der Waals surface area (Å²) in [5.74, 6) is -0.900. The number of nitrogens with zero attached hydrogens (tertiary/aromatic N) is 1. The first-order valence-corrected chi connectivity index (χ1v) is 6.77. The van der Waals surface area contributed by atoms with Gasteiger partial charge in [0.15, 0.2) is 5.75 Å². The standard InChI is InChI=1S/C14H18FNO5/c1-2-20-14(17)6-4-3-5-9-21-13-10-11(15)7-8-12(13)16(18)19/h7-8,10H,2-6,9H2,1H3. The molecule has 0 fully saturated rings. The molecule has 0 radical (unpaired) electrons. The third kappa shape index (κ3) is 6.20. The van der Waals surface area contributed by atoms with Crippen molar-refractivity contribution < 1.29 is 23.6 Å². The van der Waals surface area contributed by atoms with Crippen LogP contribution < -0.4 is 4.74 Å². The van der Waals surface area contributed by atoms with Crippen molar-refractivity contribution in [3.63, 3.8) is 0 Å². The monoisotopic (exact) mass is 299 g/mol. The zero-order valence-electron chi connectivity index (χ0n) is 11.8. The van der Waals surface area contributed by atoms with Gasteiger partial charge in [0.1, 0.15) is 5.82 Å². The van der Waals surface area contributed by atoms with Crippen LogP contribution in [0, 0.1) is 15.9 Å². The van der Waals surface area contributed by atoms with Gasteiger partial charge in [-0.2, -0.15) is 0 Å². The lowest BCUT2D eigenvalue weighted by atomic mass is 10.2. The lowest BCUT2D eigenvalue weighted by Gasteiger charge is -2.07. The number of nitro benzene ring substituents is 1. The highest BCUT2D eigenvalue weighted by molar-refractivity contribution is 5.69. The molecule has 21 heavy (non-hydrogen) atoms. The van der Waals surface area contributed by atoms with E-state index in [2.05, 4.69) is 0 Å². The third-order valence-corrected chi connectivity index (χ3v) is 2.71. The van der Waals surface area contributed by atoms with E-state index in [0.717, 1.165) is 24.6 Å². The molecular formula is C14H18FNO5. The highest BCUT2D eigenvalue weighted by Gasteiger charge is 2.15. The highest BCUT2D eigenvalue weighted by atomic mass is 19.1. The van der Waals surface area contributed by atoms with E-state index in [1.165, 1.54) is 0 Å². The zero-order valence-corrected chi connectivity index (χ0v) is 11.8. The molecular weight excluding hydrogens is 281 g/mol. The summed E-state index contributed by atoms with van der Waals surface area (Å²) in [6.07, 6.45) is 2.34. The van der Waals surface area contributed by atoms with E-state index < -0.39 is 10.7 Å². The number of halogens is 1. The van der Waals surface area contributed by atoms with E-state index in [9.17, 15) is 19.3 Å². The summed E-state index contributed by atoms with van der Waals surface area (Å²) in [4.78, 5) is 21.2. The number of hydrogen-bond donors (Lipinski definition) is 0. The maximum Gasteiger partial charge on any atom is 0.311 e. The van der Waals surface area contributed by atoms with E-state index in [-0.39, 0.29) is 24.0 Å². The highest BCUT2D eigenvalue weighted by Crippen LogP contribution is 2.27. The number of hydrogen-bond acceptors (Lipinski definition) is 5. The number of unbranched alkanes of at least 4 members (excludes halogenated alkanes) is 2. The van der Waals surface area contributed by atoms with Crippen molar-refractivity contribution in [1.29, 1.82) is 0 Å². The Kier molecular flexibility index (Phi) is 7.14. The molecule has 0 N–H and O–H groups in total. The van der Waals surface area contributed by atoms with Crippen molar-refractivity contribution in [1.82, 2.24) is 0 Å². The van der Waals surface area contributed by atoms with Gasteiger partial charge in [0.2, 0.25) is 0 Å². The van der Waals surface area contributed by atoms with Crippen molar-refractivity contribution in [2.45, 2.75) is 32.6 Å². The van der Waals surface area contributed by atoms with Gasteiger partial charge in [0.05, 0.1) is 18.1 Å². The van der Waals surface area contributed by atoms with Crippen molar-refractivity contribution >= 4 is 11.7 Å². The minimum Gasteiger partial charge on any atom is -0.487 e. The molecule has 0 amide bonds. The van der Waals surface area contributed by atoms with Gasteiger partial charge < -0.3 is 9.47 Å². The minimum absolute atomic E-state index is 0.0783. The molecule has 0 heterocycles. The molecule has 0 bridgehead atoms. The van der Waals surface area contributed by atoms with Gasteiger partial charge in [0.25, 0.3) is 0 Å². The minimum atomic E-state index is -0.616. The fourth-order valence-electron chi connectivity index (χ4n) is 1.72. The topological polar surface area (TPSA) is 78.7 Å². The third-order valence-electron chi connectivity index (χ3n) is 2.71. The van der Waals surface area contributed by atoms with Gasteiger partial charge in [-0.25, -0.2) is 4.39 Å². The largest absolute Gasteiger partial charge is 0.487 e. The maximum atomic E-state index is 13.0. The normalized spacial score (nSPS) is 10.2. The van der Waals surface area contributed by atoms with Crippen molar-refractivity contribution in [2.24, 2.45) is 0 Å². The average molecular weight is 299 g/mol. The summed E-state index contributed by atoms with van der Waals surface area (Å²) in [5.41, 5.74) is -0.261. The molecule has 116 valence electrons. The SMILES string of the molecule is CCOC(=O)CCCCCOc1cc(F)ccc1[N+](=O)[O-]. The second-order valence-electron chi connectivity index (χ2n) is 4.33. The van der Waals surface area contributed by atoms with Gasteiger partial charge in [-0.3, -0.25) is 14.9 Å². The van der Waals surface area contributed by atoms with Crippen LogP contribution in [-0.4, -0.2) is 24.1 Å².